The van der Waals surface area contributed by atoms with Crippen molar-refractivity contribution in [1.82, 2.24) is 4.90 Å². The van der Waals surface area contributed by atoms with E-state index in [2.05, 4.69) is 5.32 Å². The Bertz CT molecular complexity index is 506. The maximum atomic E-state index is 12.0. The van der Waals surface area contributed by atoms with Crippen molar-refractivity contribution in [3.63, 3.8) is 0 Å². The van der Waals surface area contributed by atoms with Gasteiger partial charge in [-0.15, -0.1) is 12.4 Å². The molecule has 1 unspecified atom stereocenters. The van der Waals surface area contributed by atoms with Crippen molar-refractivity contribution in [3.8, 4) is 0 Å². The summed E-state index contributed by atoms with van der Waals surface area (Å²) in [7, 11) is 4.84. The lowest BCUT2D eigenvalue weighted by molar-refractivity contribution is -0.118. The first-order valence-corrected chi connectivity index (χ1v) is 6.24. The number of nitrogens with zero attached hydrogens (tertiary/aromatic N) is 1. The van der Waals surface area contributed by atoms with Crippen LogP contribution in [0.4, 0.5) is 5.69 Å². The Hall–Kier alpha value is -1.63. The number of nitrogens with two attached hydrogens (primary N) is 1. The van der Waals surface area contributed by atoms with Gasteiger partial charge in [0.25, 0.3) is 5.91 Å². The summed E-state index contributed by atoms with van der Waals surface area (Å²) in [4.78, 5) is 25.3. The van der Waals surface area contributed by atoms with Crippen LogP contribution in [0.5, 0.6) is 0 Å². The van der Waals surface area contributed by atoms with Crippen molar-refractivity contribution in [2.75, 3.05) is 33.1 Å². The fraction of sp³-hybridized carbons (Fsp3) is 0.429. The van der Waals surface area contributed by atoms with Crippen LogP contribution in [-0.2, 0) is 9.53 Å². The minimum atomic E-state index is -0.741. The molecule has 3 N–H and O–H groups in total. The van der Waals surface area contributed by atoms with Gasteiger partial charge in [-0.25, -0.2) is 0 Å². The number of carbonyl (C=O) groups excluding carboxylic acids is 2. The zero-order chi connectivity index (χ0) is 15.3. The average Bonchev–Trinajstić information content (AvgIpc) is 2.40. The molecule has 21 heavy (non-hydrogen) atoms. The van der Waals surface area contributed by atoms with Crippen LogP contribution in [0.15, 0.2) is 18.2 Å². The Morgan fingerprint density at radius 3 is 2.52 bits per heavy atom. The summed E-state index contributed by atoms with van der Waals surface area (Å²) < 4.78 is 4.83. The number of amides is 2. The number of anilines is 1. The number of nitrogens with one attached hydrogen (secondary N) is 1. The Kier molecular flexibility index (Phi) is 7.94. The highest BCUT2D eigenvalue weighted by atomic mass is 35.5. The third-order valence-electron chi connectivity index (χ3n) is 2.82. The van der Waals surface area contributed by atoms with E-state index in [0.29, 0.717) is 11.3 Å². The minimum Gasteiger partial charge on any atom is -0.383 e. The summed E-state index contributed by atoms with van der Waals surface area (Å²) in [6.07, 6.45) is 0. The zero-order valence-electron chi connectivity index (χ0n) is 12.7. The van der Waals surface area contributed by atoms with Gasteiger partial charge in [0.2, 0.25) is 5.91 Å². The number of hydrogen-bond acceptors (Lipinski definition) is 4. The largest absolute Gasteiger partial charge is 0.383 e. The highest BCUT2D eigenvalue weighted by molar-refractivity contribution is 5.99. The van der Waals surface area contributed by atoms with Crippen molar-refractivity contribution in [2.45, 2.75) is 13.0 Å². The van der Waals surface area contributed by atoms with Crippen LogP contribution in [-0.4, -0.2) is 50.6 Å². The van der Waals surface area contributed by atoms with Gasteiger partial charge in [-0.2, -0.15) is 0 Å². The van der Waals surface area contributed by atoms with E-state index in [1.165, 1.54) is 12.0 Å². The van der Waals surface area contributed by atoms with Crippen LogP contribution >= 0.6 is 12.4 Å². The Balaban J connectivity index is 0.00000400. The second kappa shape index (κ2) is 8.61. The summed E-state index contributed by atoms with van der Waals surface area (Å²) in [5.41, 5.74) is 7.58. The van der Waals surface area contributed by atoms with Crippen LogP contribution in [0.1, 0.15) is 15.9 Å². The first-order valence-electron chi connectivity index (χ1n) is 6.24. The van der Waals surface area contributed by atoms with Gasteiger partial charge in [-0.05, 0) is 24.6 Å². The van der Waals surface area contributed by atoms with Gasteiger partial charge in [0.15, 0.2) is 0 Å². The van der Waals surface area contributed by atoms with Gasteiger partial charge in [-0.3, -0.25) is 9.59 Å². The third kappa shape index (κ3) is 5.34. The average molecular weight is 316 g/mol. The van der Waals surface area contributed by atoms with Crippen molar-refractivity contribution in [2.24, 2.45) is 5.73 Å². The van der Waals surface area contributed by atoms with E-state index in [1.54, 1.807) is 32.3 Å². The highest BCUT2D eigenvalue weighted by Gasteiger charge is 2.16. The summed E-state index contributed by atoms with van der Waals surface area (Å²) in [5, 5.41) is 2.67. The first-order chi connectivity index (χ1) is 9.36. The molecule has 0 saturated carbocycles. The number of benzene rings is 1. The fourth-order valence-corrected chi connectivity index (χ4v) is 1.66. The maximum Gasteiger partial charge on any atom is 0.253 e. The van der Waals surface area contributed by atoms with Gasteiger partial charge in [0.1, 0.15) is 6.04 Å². The SMILES string of the molecule is COCC(N)C(=O)Nc1ccc(C)c(C(=O)N(C)C)c1.Cl. The molecule has 2 amide bonds. The molecular weight excluding hydrogens is 294 g/mol. The van der Waals surface area contributed by atoms with Crippen molar-refractivity contribution in [1.29, 1.82) is 0 Å². The van der Waals surface area contributed by atoms with Gasteiger partial charge in [-0.1, -0.05) is 6.07 Å². The molecule has 0 radical (unpaired) electrons. The predicted octanol–water partition coefficient (Wildman–Crippen LogP) is 1.03. The quantitative estimate of drug-likeness (QED) is 0.850. The lowest BCUT2D eigenvalue weighted by atomic mass is 10.1. The summed E-state index contributed by atoms with van der Waals surface area (Å²) in [5.74, 6) is -0.459. The molecule has 6 nitrogen and oxygen atoms in total. The number of hydrogen-bond donors (Lipinski definition) is 2. The molecule has 0 aliphatic heterocycles. The van der Waals surface area contributed by atoms with E-state index in [9.17, 15) is 9.59 Å². The Labute approximate surface area is 131 Å². The number of aryl methyl sites for hydroxylation is 1. The second-order valence-corrected chi connectivity index (χ2v) is 4.78. The first kappa shape index (κ1) is 19.4. The molecule has 0 bridgehead atoms. The normalized spacial score (nSPS) is 11.3. The number of methoxy groups -OCH3 is 1. The summed E-state index contributed by atoms with van der Waals surface area (Å²) in [6, 6.07) is 4.43. The van der Waals surface area contributed by atoms with Crippen LogP contribution in [0.2, 0.25) is 0 Å². The fourth-order valence-electron chi connectivity index (χ4n) is 1.66. The molecule has 1 aromatic carbocycles. The van der Waals surface area contributed by atoms with E-state index in [1.807, 2.05) is 6.92 Å². The van der Waals surface area contributed by atoms with Gasteiger partial charge in [0, 0.05) is 32.5 Å². The molecule has 0 heterocycles. The van der Waals surface area contributed by atoms with Gasteiger partial charge >= 0.3 is 0 Å². The monoisotopic (exact) mass is 315 g/mol. The van der Waals surface area contributed by atoms with E-state index in [4.69, 9.17) is 10.5 Å². The Morgan fingerprint density at radius 2 is 2.00 bits per heavy atom. The molecule has 0 aliphatic rings. The highest BCUT2D eigenvalue weighted by Crippen LogP contribution is 2.16. The summed E-state index contributed by atoms with van der Waals surface area (Å²) in [6.45, 7) is 1.99. The molecule has 0 spiro atoms. The van der Waals surface area contributed by atoms with Crippen molar-refractivity contribution < 1.29 is 14.3 Å². The lowest BCUT2D eigenvalue weighted by Crippen LogP contribution is -2.39. The van der Waals surface area contributed by atoms with Gasteiger partial charge < -0.3 is 20.7 Å². The topological polar surface area (TPSA) is 84.7 Å². The number of carbonyl (C=O) groups is 2. The van der Waals surface area contributed by atoms with E-state index in [-0.39, 0.29) is 30.8 Å². The molecule has 0 fully saturated rings. The summed E-state index contributed by atoms with van der Waals surface area (Å²) >= 11 is 0. The van der Waals surface area contributed by atoms with E-state index >= 15 is 0 Å². The predicted molar refractivity (Wildman–Crippen MR) is 84.9 cm³/mol. The third-order valence-corrected chi connectivity index (χ3v) is 2.82. The smallest absolute Gasteiger partial charge is 0.253 e. The number of ether oxygens (including phenoxy) is 1. The van der Waals surface area contributed by atoms with E-state index in [0.717, 1.165) is 5.56 Å². The van der Waals surface area contributed by atoms with Crippen LogP contribution in [0.3, 0.4) is 0 Å². The molecule has 118 valence electrons. The molecular formula is C14H22ClN3O3. The van der Waals surface area contributed by atoms with Crippen LogP contribution in [0.25, 0.3) is 0 Å². The van der Waals surface area contributed by atoms with E-state index < -0.39 is 6.04 Å². The number of rotatable bonds is 5. The minimum absolute atomic E-state index is 0. The molecule has 7 heteroatoms. The molecule has 1 aromatic rings. The lowest BCUT2D eigenvalue weighted by Gasteiger charge is -2.15. The zero-order valence-corrected chi connectivity index (χ0v) is 13.5. The van der Waals surface area contributed by atoms with Gasteiger partial charge in [0.05, 0.1) is 6.61 Å². The molecule has 0 saturated heterocycles. The van der Waals surface area contributed by atoms with Crippen LogP contribution < -0.4 is 11.1 Å². The molecule has 1 rings (SSSR count). The van der Waals surface area contributed by atoms with Crippen molar-refractivity contribution >= 4 is 29.9 Å². The maximum absolute atomic E-state index is 12.0. The van der Waals surface area contributed by atoms with Crippen LogP contribution in [0, 0.1) is 6.92 Å². The standard InChI is InChI=1S/C14H21N3O3.ClH/c1-9-5-6-10(7-11(9)14(19)17(2)3)16-13(18)12(15)8-20-4;/h5-7,12H,8,15H2,1-4H3,(H,16,18);1H. The molecule has 1 atom stereocenters. The number of halogens is 1. The van der Waals surface area contributed by atoms with Crippen molar-refractivity contribution in [3.05, 3.63) is 29.3 Å². The molecule has 0 aliphatic carbocycles. The molecule has 0 aromatic heterocycles. The Morgan fingerprint density at radius 1 is 1.38 bits per heavy atom. The second-order valence-electron chi connectivity index (χ2n) is 4.78.